The predicted octanol–water partition coefficient (Wildman–Crippen LogP) is 2.11. The summed E-state index contributed by atoms with van der Waals surface area (Å²) >= 11 is 0. The summed E-state index contributed by atoms with van der Waals surface area (Å²) in [5.74, 6) is -0.694. The molecule has 1 aliphatic rings. The summed E-state index contributed by atoms with van der Waals surface area (Å²) in [6, 6.07) is 8.91. The Labute approximate surface area is 109 Å². The van der Waals surface area contributed by atoms with E-state index in [4.69, 9.17) is 9.63 Å². The van der Waals surface area contributed by atoms with Crippen LogP contribution in [0.5, 0.6) is 0 Å². The van der Waals surface area contributed by atoms with Crippen LogP contribution in [0.2, 0.25) is 0 Å². The van der Waals surface area contributed by atoms with E-state index in [1.54, 1.807) is 0 Å². The number of carboxylic acids is 1. The lowest BCUT2D eigenvalue weighted by molar-refractivity contribution is 0.0685. The van der Waals surface area contributed by atoms with Crippen LogP contribution in [0.3, 0.4) is 0 Å². The molecule has 0 unspecified atom stereocenters. The van der Waals surface area contributed by atoms with Crippen LogP contribution in [0.25, 0.3) is 11.3 Å². The summed E-state index contributed by atoms with van der Waals surface area (Å²) in [7, 11) is 0. The summed E-state index contributed by atoms with van der Waals surface area (Å²) in [6.07, 6.45) is 2.28. The zero-order chi connectivity index (χ0) is 13.5. The zero-order valence-electron chi connectivity index (χ0n) is 10.2. The molecule has 1 aromatic heterocycles. The quantitative estimate of drug-likeness (QED) is 0.878. The van der Waals surface area contributed by atoms with E-state index in [1.807, 2.05) is 24.3 Å². The van der Waals surface area contributed by atoms with Gasteiger partial charge in [-0.15, -0.1) is 0 Å². The van der Waals surface area contributed by atoms with Crippen molar-refractivity contribution in [2.75, 3.05) is 0 Å². The Kier molecular flexibility index (Phi) is 2.64. The fourth-order valence-electron chi connectivity index (χ4n) is 2.05. The van der Waals surface area contributed by atoms with Gasteiger partial charge in [-0.2, -0.15) is 0 Å². The van der Waals surface area contributed by atoms with Gasteiger partial charge in [0.1, 0.15) is 0 Å². The number of aromatic nitrogens is 1. The third kappa shape index (κ3) is 2.51. The molecule has 1 aliphatic carbocycles. The topological polar surface area (TPSA) is 83.6 Å². The lowest BCUT2D eigenvalue weighted by Crippen LogP contribution is -2.10. The largest absolute Gasteiger partial charge is 0.476 e. The maximum absolute atomic E-state index is 10.8. The third-order valence-corrected chi connectivity index (χ3v) is 3.30. The van der Waals surface area contributed by atoms with E-state index in [1.165, 1.54) is 6.07 Å². The molecule has 3 rings (SSSR count). The fraction of sp³-hybridized carbons (Fsp3) is 0.286. The first-order valence-electron chi connectivity index (χ1n) is 6.07. The normalized spacial score (nSPS) is 16.3. The minimum absolute atomic E-state index is 0.110. The van der Waals surface area contributed by atoms with Crippen LogP contribution in [0.1, 0.15) is 28.9 Å². The van der Waals surface area contributed by atoms with Crippen molar-refractivity contribution in [3.8, 4) is 11.3 Å². The van der Waals surface area contributed by atoms with Gasteiger partial charge < -0.3 is 14.7 Å². The Morgan fingerprint density at radius 3 is 2.79 bits per heavy atom. The van der Waals surface area contributed by atoms with Crippen LogP contribution < -0.4 is 0 Å². The highest BCUT2D eigenvalue weighted by molar-refractivity contribution is 5.86. The summed E-state index contributed by atoms with van der Waals surface area (Å²) in [5.41, 5.74) is 1.11. The number of benzene rings is 1. The molecule has 0 aliphatic heterocycles. The van der Waals surface area contributed by atoms with Crippen molar-refractivity contribution in [2.24, 2.45) is 0 Å². The third-order valence-electron chi connectivity index (χ3n) is 3.30. The van der Waals surface area contributed by atoms with Crippen LogP contribution in [0.15, 0.2) is 34.9 Å². The molecule has 2 N–H and O–H groups in total. The average molecular weight is 259 g/mol. The molecule has 0 bridgehead atoms. The van der Waals surface area contributed by atoms with Gasteiger partial charge in [0.15, 0.2) is 11.5 Å². The monoisotopic (exact) mass is 259 g/mol. The number of carboxylic acid groups (broad SMARTS) is 1. The van der Waals surface area contributed by atoms with E-state index in [9.17, 15) is 9.90 Å². The van der Waals surface area contributed by atoms with E-state index in [2.05, 4.69) is 5.16 Å². The van der Waals surface area contributed by atoms with Gasteiger partial charge in [0.2, 0.25) is 0 Å². The van der Waals surface area contributed by atoms with Gasteiger partial charge in [0, 0.05) is 18.1 Å². The molecule has 0 radical (unpaired) electrons. The molecule has 0 amide bonds. The van der Waals surface area contributed by atoms with Gasteiger partial charge in [-0.3, -0.25) is 0 Å². The maximum Gasteiger partial charge on any atom is 0.358 e. The van der Waals surface area contributed by atoms with Gasteiger partial charge in [0.25, 0.3) is 0 Å². The second kappa shape index (κ2) is 4.20. The molecule has 2 aromatic rings. The number of aliphatic hydroxyl groups is 1. The number of rotatable bonds is 4. The van der Waals surface area contributed by atoms with E-state index >= 15 is 0 Å². The molecular formula is C14H13NO4. The van der Waals surface area contributed by atoms with Crippen molar-refractivity contribution in [3.05, 3.63) is 41.6 Å². The predicted molar refractivity (Wildman–Crippen MR) is 66.8 cm³/mol. The first kappa shape index (κ1) is 11.9. The van der Waals surface area contributed by atoms with E-state index in [0.717, 1.165) is 24.0 Å². The molecular weight excluding hydrogens is 246 g/mol. The molecule has 1 heterocycles. The Hall–Kier alpha value is -2.14. The zero-order valence-corrected chi connectivity index (χ0v) is 10.2. The minimum atomic E-state index is -1.11. The van der Waals surface area contributed by atoms with Crippen LogP contribution in [0, 0.1) is 0 Å². The Balaban J connectivity index is 1.87. The number of carbonyl (C=O) groups is 1. The summed E-state index contributed by atoms with van der Waals surface area (Å²) in [6.45, 7) is 0. The number of nitrogens with zero attached hydrogens (tertiary/aromatic N) is 1. The van der Waals surface area contributed by atoms with Crippen LogP contribution in [-0.2, 0) is 6.42 Å². The molecule has 5 heteroatoms. The van der Waals surface area contributed by atoms with Gasteiger partial charge in [-0.25, -0.2) is 4.79 Å². The highest BCUT2D eigenvalue weighted by Gasteiger charge is 2.40. The smallest absolute Gasteiger partial charge is 0.358 e. The SMILES string of the molecule is O=C(O)c1cc(-c2cccc(CC3(O)CC3)c2)on1. The Bertz CT molecular complexity index is 628. The number of aromatic carboxylic acids is 1. The Morgan fingerprint density at radius 2 is 2.16 bits per heavy atom. The lowest BCUT2D eigenvalue weighted by atomic mass is 10.0. The summed E-state index contributed by atoms with van der Waals surface area (Å²) in [4.78, 5) is 10.8. The molecule has 1 saturated carbocycles. The first-order chi connectivity index (χ1) is 9.06. The molecule has 1 fully saturated rings. The van der Waals surface area contributed by atoms with Crippen molar-refractivity contribution in [1.29, 1.82) is 0 Å². The average Bonchev–Trinajstić information content (AvgIpc) is 2.93. The van der Waals surface area contributed by atoms with Gasteiger partial charge in [-0.05, 0) is 24.5 Å². The number of hydrogen-bond donors (Lipinski definition) is 2. The summed E-state index contributed by atoms with van der Waals surface area (Å²) in [5, 5.41) is 22.2. The molecule has 1 aromatic carbocycles. The van der Waals surface area contributed by atoms with E-state index in [-0.39, 0.29) is 5.69 Å². The Morgan fingerprint density at radius 1 is 1.37 bits per heavy atom. The first-order valence-corrected chi connectivity index (χ1v) is 6.07. The van der Waals surface area contributed by atoms with Crippen molar-refractivity contribution in [3.63, 3.8) is 0 Å². The second-order valence-electron chi connectivity index (χ2n) is 4.98. The van der Waals surface area contributed by atoms with Crippen molar-refractivity contribution < 1.29 is 19.5 Å². The van der Waals surface area contributed by atoms with Gasteiger partial charge >= 0.3 is 5.97 Å². The molecule has 5 nitrogen and oxygen atoms in total. The van der Waals surface area contributed by atoms with Gasteiger partial charge in [-0.1, -0.05) is 23.4 Å². The summed E-state index contributed by atoms with van der Waals surface area (Å²) < 4.78 is 5.02. The second-order valence-corrected chi connectivity index (χ2v) is 4.98. The molecule has 0 atom stereocenters. The highest BCUT2D eigenvalue weighted by atomic mass is 16.5. The molecule has 98 valence electrons. The van der Waals surface area contributed by atoms with Crippen molar-refractivity contribution in [2.45, 2.75) is 24.9 Å². The fourth-order valence-corrected chi connectivity index (χ4v) is 2.05. The van der Waals surface area contributed by atoms with E-state index in [0.29, 0.717) is 12.2 Å². The van der Waals surface area contributed by atoms with Crippen molar-refractivity contribution in [1.82, 2.24) is 5.16 Å². The highest BCUT2D eigenvalue weighted by Crippen LogP contribution is 2.38. The lowest BCUT2D eigenvalue weighted by Gasteiger charge is -2.07. The van der Waals surface area contributed by atoms with Crippen LogP contribution in [-0.4, -0.2) is 26.9 Å². The van der Waals surface area contributed by atoms with Crippen LogP contribution in [0.4, 0.5) is 0 Å². The maximum atomic E-state index is 10.8. The van der Waals surface area contributed by atoms with Crippen LogP contribution >= 0.6 is 0 Å². The number of hydrogen-bond acceptors (Lipinski definition) is 4. The minimum Gasteiger partial charge on any atom is -0.476 e. The van der Waals surface area contributed by atoms with Crippen molar-refractivity contribution >= 4 is 5.97 Å². The van der Waals surface area contributed by atoms with E-state index < -0.39 is 11.6 Å². The molecule has 19 heavy (non-hydrogen) atoms. The molecule has 0 spiro atoms. The molecule has 0 saturated heterocycles. The standard InChI is InChI=1S/C14H13NO4/c16-13(17)11-7-12(19-15-11)10-3-1-2-9(6-10)8-14(18)4-5-14/h1-3,6-7,18H,4-5,8H2,(H,16,17). The van der Waals surface area contributed by atoms with Gasteiger partial charge in [0.05, 0.1) is 5.60 Å².